The van der Waals surface area contributed by atoms with E-state index >= 15 is 0 Å². The van der Waals surface area contributed by atoms with Gasteiger partial charge in [-0.25, -0.2) is 0 Å². The van der Waals surface area contributed by atoms with Gasteiger partial charge in [0.05, 0.1) is 33.5 Å². The number of benzene rings is 1. The summed E-state index contributed by atoms with van der Waals surface area (Å²) in [6.45, 7) is -2.55. The third-order valence-corrected chi connectivity index (χ3v) is 6.17. The molecule has 1 aromatic carbocycles. The second-order valence-corrected chi connectivity index (χ2v) is 8.38. The molecule has 2 N–H and O–H groups in total. The molecular weight excluding hydrogens is 451 g/mol. The highest BCUT2D eigenvalue weighted by Gasteiger charge is 2.33. The Morgan fingerprint density at radius 3 is 2.58 bits per heavy atom. The van der Waals surface area contributed by atoms with E-state index in [-0.39, 0.29) is 38.9 Å². The first kappa shape index (κ1) is 21.9. The molecule has 0 spiro atoms. The van der Waals surface area contributed by atoms with Gasteiger partial charge < -0.3 is 20.1 Å². The van der Waals surface area contributed by atoms with Crippen molar-refractivity contribution in [1.82, 2.24) is 4.98 Å². The molecular formula is C21H21Cl2F2N3O3. The molecule has 0 radical (unpaired) electrons. The number of anilines is 2. The van der Waals surface area contributed by atoms with Crippen LogP contribution in [0.1, 0.15) is 42.5 Å². The minimum atomic E-state index is -3.02. The first-order chi connectivity index (χ1) is 14.9. The fourth-order valence-electron chi connectivity index (χ4n) is 4.11. The highest BCUT2D eigenvalue weighted by molar-refractivity contribution is 6.39. The molecule has 2 aromatic rings. The van der Waals surface area contributed by atoms with Crippen LogP contribution in [-0.2, 0) is 0 Å². The maximum atomic E-state index is 13.0. The zero-order valence-electron chi connectivity index (χ0n) is 16.5. The molecule has 0 bridgehead atoms. The Kier molecular flexibility index (Phi) is 6.67. The van der Waals surface area contributed by atoms with Gasteiger partial charge in [-0.05, 0) is 30.9 Å². The summed E-state index contributed by atoms with van der Waals surface area (Å²) >= 11 is 12.2. The molecule has 31 heavy (non-hydrogen) atoms. The average Bonchev–Trinajstić information content (AvgIpc) is 2.76. The molecule has 0 saturated heterocycles. The summed E-state index contributed by atoms with van der Waals surface area (Å²) in [5.41, 5.74) is 0.702. The summed E-state index contributed by atoms with van der Waals surface area (Å²) in [6, 6.07) is 2.70. The molecule has 10 heteroatoms. The Morgan fingerprint density at radius 2 is 1.90 bits per heavy atom. The molecule has 2 aliphatic rings. The number of halogens is 4. The number of carbonyl (C=O) groups is 1. The lowest BCUT2D eigenvalue weighted by Crippen LogP contribution is -2.39. The predicted octanol–water partition coefficient (Wildman–Crippen LogP) is 6.00. The quantitative estimate of drug-likeness (QED) is 0.559. The Hall–Kier alpha value is -2.32. The van der Waals surface area contributed by atoms with Gasteiger partial charge in [0.2, 0.25) is 0 Å². The molecule has 1 fully saturated rings. The largest absolute Gasteiger partial charge is 0.482 e. The molecule has 166 valence electrons. The number of rotatable bonds is 5. The lowest BCUT2D eigenvalue weighted by atomic mass is 9.84. The van der Waals surface area contributed by atoms with Crippen LogP contribution in [0.25, 0.3) is 0 Å². The van der Waals surface area contributed by atoms with Crippen molar-refractivity contribution in [2.45, 2.75) is 44.8 Å². The van der Waals surface area contributed by atoms with Crippen molar-refractivity contribution in [3.8, 4) is 11.5 Å². The monoisotopic (exact) mass is 471 g/mol. The minimum Gasteiger partial charge on any atom is -0.482 e. The van der Waals surface area contributed by atoms with Gasteiger partial charge in [-0.2, -0.15) is 8.78 Å². The molecule has 6 nitrogen and oxygen atoms in total. The first-order valence-electron chi connectivity index (χ1n) is 10.1. The number of fused-ring (bicyclic) bond motifs is 1. The normalized spacial score (nSPS) is 18.7. The summed E-state index contributed by atoms with van der Waals surface area (Å²) in [6.07, 6.45) is 7.99. The molecule has 1 saturated carbocycles. The van der Waals surface area contributed by atoms with Gasteiger partial charge in [0.15, 0.2) is 11.5 Å². The standard InChI is InChI=1S/C21H21Cl2F2N3O3/c22-13-8-26-9-14(23)18(13)28-20(29)12-6-7-15(31-21(24)25)19-17(12)27-10-16(30-19)11-4-2-1-3-5-11/h6-9,11,16,21,27H,1-5,10H2,(H,26,28,29)/t16-/m1/s1. The van der Waals surface area contributed by atoms with Crippen molar-refractivity contribution in [3.63, 3.8) is 0 Å². The van der Waals surface area contributed by atoms with Crippen molar-refractivity contribution in [3.05, 3.63) is 40.1 Å². The van der Waals surface area contributed by atoms with E-state index in [0.717, 1.165) is 25.7 Å². The average molecular weight is 472 g/mol. The van der Waals surface area contributed by atoms with Gasteiger partial charge in [-0.1, -0.05) is 42.5 Å². The van der Waals surface area contributed by atoms with Gasteiger partial charge in [-0.15, -0.1) is 0 Å². The van der Waals surface area contributed by atoms with Crippen LogP contribution in [0.3, 0.4) is 0 Å². The maximum Gasteiger partial charge on any atom is 0.387 e. The first-order valence-corrected chi connectivity index (χ1v) is 10.8. The smallest absolute Gasteiger partial charge is 0.387 e. The number of pyridine rings is 1. The van der Waals surface area contributed by atoms with Crippen molar-refractivity contribution >= 4 is 40.5 Å². The lowest BCUT2D eigenvalue weighted by molar-refractivity contribution is -0.0526. The van der Waals surface area contributed by atoms with E-state index in [0.29, 0.717) is 18.2 Å². The van der Waals surface area contributed by atoms with Gasteiger partial charge >= 0.3 is 6.61 Å². The molecule has 1 aliphatic heterocycles. The van der Waals surface area contributed by atoms with Crippen LogP contribution in [0.2, 0.25) is 10.0 Å². The predicted molar refractivity (Wildman–Crippen MR) is 115 cm³/mol. The van der Waals surface area contributed by atoms with Crippen LogP contribution in [0.4, 0.5) is 20.2 Å². The van der Waals surface area contributed by atoms with Crippen LogP contribution >= 0.6 is 23.2 Å². The molecule has 1 atom stereocenters. The number of amides is 1. The number of hydrogen-bond donors (Lipinski definition) is 2. The van der Waals surface area contributed by atoms with E-state index in [9.17, 15) is 13.6 Å². The number of ether oxygens (including phenoxy) is 2. The van der Waals surface area contributed by atoms with Crippen LogP contribution < -0.4 is 20.1 Å². The molecule has 0 unspecified atom stereocenters. The van der Waals surface area contributed by atoms with E-state index in [1.54, 1.807) is 0 Å². The van der Waals surface area contributed by atoms with Crippen molar-refractivity contribution < 1.29 is 23.0 Å². The summed E-state index contributed by atoms with van der Waals surface area (Å²) in [4.78, 5) is 16.8. The molecule has 2 heterocycles. The summed E-state index contributed by atoms with van der Waals surface area (Å²) in [7, 11) is 0. The highest BCUT2D eigenvalue weighted by atomic mass is 35.5. The summed E-state index contributed by atoms with van der Waals surface area (Å²) in [5, 5.41) is 6.20. The number of carbonyl (C=O) groups excluding carboxylic acids is 1. The van der Waals surface area contributed by atoms with Crippen molar-refractivity contribution in [1.29, 1.82) is 0 Å². The zero-order valence-corrected chi connectivity index (χ0v) is 18.0. The topological polar surface area (TPSA) is 72.5 Å². The summed E-state index contributed by atoms with van der Waals surface area (Å²) in [5.74, 6) is -0.209. The number of aromatic nitrogens is 1. The number of alkyl halides is 2. The van der Waals surface area contributed by atoms with E-state index < -0.39 is 12.5 Å². The third kappa shape index (κ3) is 4.80. The minimum absolute atomic E-state index is 0.113. The van der Waals surface area contributed by atoms with E-state index in [2.05, 4.69) is 20.4 Å². The Balaban J connectivity index is 1.65. The SMILES string of the molecule is O=C(Nc1c(Cl)cncc1Cl)c1ccc(OC(F)F)c2c1NC[C@H](C1CCCCC1)O2. The zero-order chi connectivity index (χ0) is 22.0. The summed E-state index contributed by atoms with van der Waals surface area (Å²) < 4.78 is 36.7. The second kappa shape index (κ2) is 9.44. The third-order valence-electron chi connectivity index (χ3n) is 5.60. The van der Waals surface area contributed by atoms with Crippen LogP contribution in [-0.4, -0.2) is 30.2 Å². The highest BCUT2D eigenvalue weighted by Crippen LogP contribution is 2.44. The molecule has 1 amide bonds. The van der Waals surface area contributed by atoms with Gasteiger partial charge in [0, 0.05) is 12.4 Å². The van der Waals surface area contributed by atoms with E-state index in [4.69, 9.17) is 27.9 Å². The maximum absolute atomic E-state index is 13.0. The number of nitrogens with zero attached hydrogens (tertiary/aromatic N) is 1. The van der Waals surface area contributed by atoms with Crippen molar-refractivity contribution in [2.75, 3.05) is 17.2 Å². The van der Waals surface area contributed by atoms with E-state index in [1.165, 1.54) is 30.9 Å². The fraction of sp³-hybridized carbons (Fsp3) is 0.429. The van der Waals surface area contributed by atoms with Crippen LogP contribution in [0.15, 0.2) is 24.5 Å². The Labute approximate surface area is 188 Å². The van der Waals surface area contributed by atoms with Gasteiger partial charge in [-0.3, -0.25) is 9.78 Å². The lowest BCUT2D eigenvalue weighted by Gasteiger charge is -2.36. The van der Waals surface area contributed by atoms with Crippen LogP contribution in [0, 0.1) is 5.92 Å². The van der Waals surface area contributed by atoms with E-state index in [1.807, 2.05) is 0 Å². The Morgan fingerprint density at radius 1 is 1.19 bits per heavy atom. The number of hydrogen-bond acceptors (Lipinski definition) is 5. The fourth-order valence-corrected chi connectivity index (χ4v) is 4.57. The number of nitrogens with one attached hydrogen (secondary N) is 2. The molecule has 4 rings (SSSR count). The van der Waals surface area contributed by atoms with Gasteiger partial charge in [0.25, 0.3) is 5.91 Å². The second-order valence-electron chi connectivity index (χ2n) is 7.56. The molecule has 1 aromatic heterocycles. The van der Waals surface area contributed by atoms with Gasteiger partial charge in [0.1, 0.15) is 6.10 Å². The van der Waals surface area contributed by atoms with Crippen LogP contribution in [0.5, 0.6) is 11.5 Å². The Bertz CT molecular complexity index is 951. The molecule has 1 aliphatic carbocycles. The van der Waals surface area contributed by atoms with Crippen molar-refractivity contribution in [2.24, 2.45) is 5.92 Å².